The van der Waals surface area contributed by atoms with Crippen LogP contribution in [0.2, 0.25) is 0 Å². The van der Waals surface area contributed by atoms with Gasteiger partial charge in [-0.05, 0) is 22.4 Å². The molecule has 0 saturated carbocycles. The molecule has 0 aromatic carbocycles. The van der Waals surface area contributed by atoms with Crippen molar-refractivity contribution in [2.45, 2.75) is 19.4 Å². The fourth-order valence-corrected chi connectivity index (χ4v) is 2.47. The summed E-state index contributed by atoms with van der Waals surface area (Å²) >= 11 is 0. The van der Waals surface area contributed by atoms with Crippen LogP contribution in [0.25, 0.3) is 0 Å². The molecule has 2 atom stereocenters. The van der Waals surface area contributed by atoms with Crippen LogP contribution in [0.4, 0.5) is 11.5 Å². The molecule has 1 aliphatic rings. The van der Waals surface area contributed by atoms with Crippen molar-refractivity contribution in [3.05, 3.63) is 28.4 Å². The summed E-state index contributed by atoms with van der Waals surface area (Å²) in [5, 5.41) is 19.9. The van der Waals surface area contributed by atoms with Crippen LogP contribution in [0, 0.1) is 16.0 Å². The molecule has 1 fully saturated rings. The molecule has 8 nitrogen and oxygen atoms in total. The number of pyridine rings is 1. The molecule has 1 aromatic rings. The first-order valence-electron chi connectivity index (χ1n) is 6.72. The number of rotatable bonds is 6. The lowest BCUT2D eigenvalue weighted by molar-refractivity contribution is -0.389. The van der Waals surface area contributed by atoms with E-state index in [9.17, 15) is 20.0 Å². The molecule has 1 aromatic heterocycles. The van der Waals surface area contributed by atoms with E-state index in [1.807, 2.05) is 11.8 Å². The van der Waals surface area contributed by atoms with Crippen LogP contribution < -0.4 is 4.90 Å². The van der Waals surface area contributed by atoms with Crippen molar-refractivity contribution in [2.24, 2.45) is 5.92 Å². The third-order valence-electron chi connectivity index (χ3n) is 3.48. The predicted octanol–water partition coefficient (Wildman–Crippen LogP) is 1.31. The molecule has 2 unspecified atom stereocenters. The second-order valence-electron chi connectivity index (χ2n) is 4.87. The first-order valence-corrected chi connectivity index (χ1v) is 6.72. The summed E-state index contributed by atoms with van der Waals surface area (Å²) in [4.78, 5) is 27.1. The first-order chi connectivity index (χ1) is 10.0. The van der Waals surface area contributed by atoms with Crippen LogP contribution >= 0.6 is 0 Å². The summed E-state index contributed by atoms with van der Waals surface area (Å²) < 4.78 is 5.29. The highest BCUT2D eigenvalue weighted by Crippen LogP contribution is 2.26. The number of carboxylic acid groups (broad SMARTS) is 1. The molecular formula is C13H17N3O5. The Morgan fingerprint density at radius 1 is 1.57 bits per heavy atom. The first kappa shape index (κ1) is 15.2. The average molecular weight is 295 g/mol. The van der Waals surface area contributed by atoms with Gasteiger partial charge in [0.05, 0.1) is 24.9 Å². The smallest absolute Gasteiger partial charge is 0.363 e. The Balaban J connectivity index is 2.25. The lowest BCUT2D eigenvalue weighted by atomic mass is 10.0. The fourth-order valence-electron chi connectivity index (χ4n) is 2.47. The van der Waals surface area contributed by atoms with Crippen LogP contribution in [0.5, 0.6) is 0 Å². The van der Waals surface area contributed by atoms with E-state index in [0.717, 1.165) is 6.42 Å². The van der Waals surface area contributed by atoms with Crippen molar-refractivity contribution in [1.82, 2.24) is 4.98 Å². The zero-order chi connectivity index (χ0) is 15.4. The molecule has 0 radical (unpaired) electrons. The van der Waals surface area contributed by atoms with Crippen molar-refractivity contribution in [3.63, 3.8) is 0 Å². The van der Waals surface area contributed by atoms with Crippen molar-refractivity contribution in [1.29, 1.82) is 0 Å². The van der Waals surface area contributed by atoms with Crippen LogP contribution in [-0.4, -0.2) is 46.8 Å². The topological polar surface area (TPSA) is 106 Å². The Kier molecular flexibility index (Phi) is 4.69. The number of hydrogen-bond acceptors (Lipinski definition) is 6. The summed E-state index contributed by atoms with van der Waals surface area (Å²) in [6, 6.07) is 2.63. The van der Waals surface area contributed by atoms with Gasteiger partial charge in [-0.15, -0.1) is 0 Å². The Bertz CT molecular complexity index is 519. The van der Waals surface area contributed by atoms with E-state index in [1.165, 1.54) is 12.3 Å². The molecule has 1 aliphatic heterocycles. The predicted molar refractivity (Wildman–Crippen MR) is 74.3 cm³/mol. The maximum Gasteiger partial charge on any atom is 0.363 e. The molecule has 1 N–H and O–H groups in total. The number of aliphatic carboxylic acids is 1. The second-order valence-corrected chi connectivity index (χ2v) is 4.87. The number of anilines is 1. The van der Waals surface area contributed by atoms with Gasteiger partial charge in [0.15, 0.2) is 6.20 Å². The highest BCUT2D eigenvalue weighted by molar-refractivity contribution is 5.72. The minimum absolute atomic E-state index is 0.181. The van der Waals surface area contributed by atoms with Gasteiger partial charge in [-0.25, -0.2) is 0 Å². The summed E-state index contributed by atoms with van der Waals surface area (Å²) in [5.41, 5.74) is 0.671. The third kappa shape index (κ3) is 3.27. The lowest BCUT2D eigenvalue weighted by Crippen LogP contribution is -2.43. The van der Waals surface area contributed by atoms with Crippen LogP contribution in [0.15, 0.2) is 18.3 Å². The number of nitro groups is 1. The third-order valence-corrected chi connectivity index (χ3v) is 3.48. The van der Waals surface area contributed by atoms with Crippen molar-refractivity contribution < 1.29 is 19.6 Å². The molecule has 0 amide bonds. The summed E-state index contributed by atoms with van der Waals surface area (Å²) in [6.45, 7) is 3.13. The normalized spacial score (nSPS) is 21.2. The molecule has 2 rings (SSSR count). The standard InChI is InChI=1S/C13H17N3O5/c1-2-5-15(11-8-21-7-10(11)13(17)18)9-3-4-12(14-6-9)16(19)20/h3-4,6,10-11H,2,5,7-8H2,1H3,(H,17,18). The van der Waals surface area contributed by atoms with Gasteiger partial charge >= 0.3 is 11.8 Å². The van der Waals surface area contributed by atoms with Crippen molar-refractivity contribution in [3.8, 4) is 0 Å². The molecule has 0 bridgehead atoms. The van der Waals surface area contributed by atoms with E-state index in [0.29, 0.717) is 18.8 Å². The number of carboxylic acids is 1. The van der Waals surface area contributed by atoms with E-state index in [2.05, 4.69) is 4.98 Å². The number of hydrogen-bond donors (Lipinski definition) is 1. The Labute approximate surface area is 121 Å². The molecule has 2 heterocycles. The van der Waals surface area contributed by atoms with Crippen molar-refractivity contribution in [2.75, 3.05) is 24.7 Å². The molecule has 0 spiro atoms. The van der Waals surface area contributed by atoms with Gasteiger partial charge in [0, 0.05) is 12.6 Å². The van der Waals surface area contributed by atoms with Gasteiger partial charge in [-0.1, -0.05) is 6.92 Å². The molecule has 8 heteroatoms. The minimum Gasteiger partial charge on any atom is -0.481 e. The Morgan fingerprint density at radius 2 is 2.33 bits per heavy atom. The number of aromatic nitrogens is 1. The highest BCUT2D eigenvalue weighted by atomic mass is 16.6. The lowest BCUT2D eigenvalue weighted by Gasteiger charge is -2.31. The van der Waals surface area contributed by atoms with Crippen LogP contribution in [-0.2, 0) is 9.53 Å². The maximum atomic E-state index is 11.3. The summed E-state index contributed by atoms with van der Waals surface area (Å²) in [7, 11) is 0. The SMILES string of the molecule is CCCN(c1ccc([N+](=O)[O-])nc1)C1COCC1C(=O)O. The van der Waals surface area contributed by atoms with E-state index in [-0.39, 0.29) is 18.5 Å². The minimum atomic E-state index is -0.895. The van der Waals surface area contributed by atoms with E-state index < -0.39 is 16.8 Å². The zero-order valence-corrected chi connectivity index (χ0v) is 11.6. The van der Waals surface area contributed by atoms with E-state index in [4.69, 9.17) is 4.74 Å². The largest absolute Gasteiger partial charge is 0.481 e. The second kappa shape index (κ2) is 6.49. The van der Waals surface area contributed by atoms with E-state index >= 15 is 0 Å². The van der Waals surface area contributed by atoms with Gasteiger partial charge < -0.3 is 24.9 Å². The summed E-state index contributed by atoms with van der Waals surface area (Å²) in [6.07, 6.45) is 2.23. The van der Waals surface area contributed by atoms with Gasteiger partial charge in [0.1, 0.15) is 5.92 Å². The molecular weight excluding hydrogens is 278 g/mol. The monoisotopic (exact) mass is 295 g/mol. The quantitative estimate of drug-likeness (QED) is 0.622. The van der Waals surface area contributed by atoms with Crippen LogP contribution in [0.1, 0.15) is 13.3 Å². The van der Waals surface area contributed by atoms with Gasteiger partial charge in [0.25, 0.3) is 0 Å². The van der Waals surface area contributed by atoms with Gasteiger partial charge in [-0.2, -0.15) is 0 Å². The van der Waals surface area contributed by atoms with Crippen molar-refractivity contribution >= 4 is 17.5 Å². The number of nitrogens with zero attached hydrogens (tertiary/aromatic N) is 3. The maximum absolute atomic E-state index is 11.3. The van der Waals surface area contributed by atoms with Crippen LogP contribution in [0.3, 0.4) is 0 Å². The molecule has 1 saturated heterocycles. The summed E-state index contributed by atoms with van der Waals surface area (Å²) in [5.74, 6) is -1.73. The van der Waals surface area contributed by atoms with Gasteiger partial charge in [-0.3, -0.25) is 4.79 Å². The van der Waals surface area contributed by atoms with E-state index in [1.54, 1.807) is 6.07 Å². The fraction of sp³-hybridized carbons (Fsp3) is 0.538. The number of ether oxygens (including phenoxy) is 1. The zero-order valence-electron chi connectivity index (χ0n) is 11.6. The molecule has 21 heavy (non-hydrogen) atoms. The average Bonchev–Trinajstić information content (AvgIpc) is 2.94. The Morgan fingerprint density at radius 3 is 2.86 bits per heavy atom. The van der Waals surface area contributed by atoms with Gasteiger partial charge in [0.2, 0.25) is 0 Å². The molecule has 114 valence electrons. The number of carbonyl (C=O) groups is 1. The highest BCUT2D eigenvalue weighted by Gasteiger charge is 2.38. The Hall–Kier alpha value is -2.22. The molecule has 0 aliphatic carbocycles.